The maximum atomic E-state index is 14.0. The van der Waals surface area contributed by atoms with Gasteiger partial charge < -0.3 is 14.6 Å². The van der Waals surface area contributed by atoms with E-state index in [4.69, 9.17) is 4.74 Å². The number of amides is 1. The van der Waals surface area contributed by atoms with E-state index < -0.39 is 0 Å². The molecule has 0 fully saturated rings. The van der Waals surface area contributed by atoms with Crippen LogP contribution in [0, 0.1) is 5.82 Å². The number of aromatic nitrogens is 3. The summed E-state index contributed by atoms with van der Waals surface area (Å²) in [4.78, 5) is 32.8. The Labute approximate surface area is 179 Å². The molecule has 0 aliphatic heterocycles. The van der Waals surface area contributed by atoms with Crippen molar-refractivity contribution in [2.24, 2.45) is 0 Å². The van der Waals surface area contributed by atoms with Crippen LogP contribution < -0.4 is 5.32 Å². The molecule has 0 unspecified atom stereocenters. The van der Waals surface area contributed by atoms with E-state index in [2.05, 4.69) is 15.3 Å². The normalized spacial score (nSPS) is 15.5. The number of nitrogens with zero attached hydrogens (tertiary/aromatic N) is 3. The Morgan fingerprint density at radius 1 is 1.29 bits per heavy atom. The number of halogens is 1. The van der Waals surface area contributed by atoms with Crippen molar-refractivity contribution in [3.63, 3.8) is 0 Å². The van der Waals surface area contributed by atoms with Crippen molar-refractivity contribution in [3.05, 3.63) is 59.6 Å². The van der Waals surface area contributed by atoms with Crippen LogP contribution in [0.2, 0.25) is 0 Å². The second kappa shape index (κ2) is 9.24. The van der Waals surface area contributed by atoms with Gasteiger partial charge in [0.15, 0.2) is 0 Å². The summed E-state index contributed by atoms with van der Waals surface area (Å²) >= 11 is 0. The lowest BCUT2D eigenvalue weighted by Crippen LogP contribution is -2.39. The fourth-order valence-electron chi connectivity index (χ4n) is 4.25. The van der Waals surface area contributed by atoms with Crippen molar-refractivity contribution >= 4 is 22.8 Å². The molecule has 0 saturated heterocycles. The number of rotatable bonds is 7. The zero-order valence-electron chi connectivity index (χ0n) is 17.4. The highest BCUT2D eigenvalue weighted by Gasteiger charge is 2.27. The van der Waals surface area contributed by atoms with Crippen LogP contribution >= 0.6 is 0 Å². The third-order valence-corrected chi connectivity index (χ3v) is 5.58. The minimum Gasteiger partial charge on any atom is -0.465 e. The lowest BCUT2D eigenvalue weighted by molar-refractivity contribution is -0.143. The third-order valence-electron chi connectivity index (χ3n) is 5.58. The summed E-state index contributed by atoms with van der Waals surface area (Å²) in [5.74, 6) is -0.0499. The summed E-state index contributed by atoms with van der Waals surface area (Å²) in [5.41, 5.74) is 2.81. The monoisotopic (exact) mass is 424 g/mol. The predicted octanol–water partition coefficient (Wildman–Crippen LogP) is 2.74. The number of nitrogens with one attached hydrogen (secondary N) is 1. The maximum Gasteiger partial charge on any atom is 0.325 e. The first kappa shape index (κ1) is 21.0. The largest absolute Gasteiger partial charge is 0.465 e. The van der Waals surface area contributed by atoms with Gasteiger partial charge in [-0.05, 0) is 56.0 Å². The predicted molar refractivity (Wildman–Crippen MR) is 113 cm³/mol. The third kappa shape index (κ3) is 4.73. The van der Waals surface area contributed by atoms with Crippen LogP contribution in [-0.2, 0) is 40.1 Å². The Bertz CT molecular complexity index is 1100. The van der Waals surface area contributed by atoms with E-state index in [9.17, 15) is 14.0 Å². The van der Waals surface area contributed by atoms with Crippen LogP contribution in [0.4, 0.5) is 4.39 Å². The number of ether oxygens (including phenoxy) is 1. The number of fused-ring (bicyclic) bond motifs is 3. The minimum absolute atomic E-state index is 0.0402. The van der Waals surface area contributed by atoms with Crippen LogP contribution in [0.5, 0.6) is 0 Å². The molecule has 1 N–H and O–H groups in total. The molecular formula is C23H25FN4O3. The van der Waals surface area contributed by atoms with Gasteiger partial charge in [-0.2, -0.15) is 0 Å². The highest BCUT2D eigenvalue weighted by atomic mass is 19.1. The Morgan fingerprint density at radius 2 is 2.10 bits per heavy atom. The average molecular weight is 424 g/mol. The van der Waals surface area contributed by atoms with E-state index in [0.29, 0.717) is 38.1 Å². The van der Waals surface area contributed by atoms with E-state index in [1.165, 1.54) is 12.1 Å². The van der Waals surface area contributed by atoms with Gasteiger partial charge in [-0.3, -0.25) is 9.59 Å². The Hall–Kier alpha value is -3.29. The van der Waals surface area contributed by atoms with Gasteiger partial charge in [0.05, 0.1) is 6.61 Å². The molecule has 1 aliphatic carbocycles. The Balaban J connectivity index is 1.50. The molecule has 7 nitrogen and oxygen atoms in total. The fourth-order valence-corrected chi connectivity index (χ4v) is 4.25. The zero-order chi connectivity index (χ0) is 21.8. The van der Waals surface area contributed by atoms with Gasteiger partial charge in [-0.1, -0.05) is 0 Å². The van der Waals surface area contributed by atoms with E-state index >= 15 is 0 Å². The molecule has 8 heteroatoms. The molecule has 0 saturated carbocycles. The SMILES string of the molecule is CCOC(=O)Cn1c2c(c3cc(F)ccc31)C[C@@H](NC(=O)CCc1ncccn1)CC2. The topological polar surface area (TPSA) is 86.1 Å². The molecule has 0 bridgehead atoms. The molecule has 2 heterocycles. The molecular weight excluding hydrogens is 399 g/mol. The van der Waals surface area contributed by atoms with Crippen LogP contribution in [0.3, 0.4) is 0 Å². The summed E-state index contributed by atoms with van der Waals surface area (Å²) < 4.78 is 21.0. The lowest BCUT2D eigenvalue weighted by atomic mass is 9.91. The summed E-state index contributed by atoms with van der Waals surface area (Å²) in [7, 11) is 0. The van der Waals surface area contributed by atoms with Gasteiger partial charge in [0.1, 0.15) is 18.2 Å². The van der Waals surface area contributed by atoms with Gasteiger partial charge in [0, 0.05) is 47.9 Å². The molecule has 1 aromatic carbocycles. The van der Waals surface area contributed by atoms with Gasteiger partial charge in [0.2, 0.25) is 5.91 Å². The molecule has 31 heavy (non-hydrogen) atoms. The van der Waals surface area contributed by atoms with E-state index in [0.717, 1.165) is 28.6 Å². The number of aryl methyl sites for hydroxylation is 1. The van der Waals surface area contributed by atoms with Crippen molar-refractivity contribution in [2.75, 3.05) is 6.61 Å². The highest BCUT2D eigenvalue weighted by Crippen LogP contribution is 2.33. The van der Waals surface area contributed by atoms with Crippen LogP contribution in [0.15, 0.2) is 36.7 Å². The van der Waals surface area contributed by atoms with Crippen molar-refractivity contribution < 1.29 is 18.7 Å². The highest BCUT2D eigenvalue weighted by molar-refractivity contribution is 5.87. The summed E-state index contributed by atoms with van der Waals surface area (Å²) in [5, 5.41) is 3.88. The van der Waals surface area contributed by atoms with Gasteiger partial charge in [-0.25, -0.2) is 14.4 Å². The molecule has 4 rings (SSSR count). The smallest absolute Gasteiger partial charge is 0.325 e. The number of carbonyl (C=O) groups is 2. The first-order valence-corrected chi connectivity index (χ1v) is 10.6. The van der Waals surface area contributed by atoms with Crippen molar-refractivity contribution in [1.82, 2.24) is 19.9 Å². The number of esters is 1. The molecule has 3 aromatic rings. The lowest BCUT2D eigenvalue weighted by Gasteiger charge is -2.25. The van der Waals surface area contributed by atoms with Crippen LogP contribution in [0.1, 0.15) is 36.8 Å². The quantitative estimate of drug-likeness (QED) is 0.590. The van der Waals surface area contributed by atoms with Gasteiger partial charge in [0.25, 0.3) is 0 Å². The van der Waals surface area contributed by atoms with E-state index in [-0.39, 0.29) is 30.3 Å². The van der Waals surface area contributed by atoms with Crippen LogP contribution in [-0.4, -0.2) is 39.1 Å². The van der Waals surface area contributed by atoms with E-state index in [1.54, 1.807) is 31.5 Å². The molecule has 0 spiro atoms. The number of carbonyl (C=O) groups excluding carboxylic acids is 2. The second-order valence-corrected chi connectivity index (χ2v) is 7.65. The van der Waals surface area contributed by atoms with Gasteiger partial charge in [-0.15, -0.1) is 0 Å². The number of benzene rings is 1. The van der Waals surface area contributed by atoms with Crippen molar-refractivity contribution in [3.8, 4) is 0 Å². The zero-order valence-corrected chi connectivity index (χ0v) is 17.4. The Kier molecular flexibility index (Phi) is 6.25. The van der Waals surface area contributed by atoms with Crippen LogP contribution in [0.25, 0.3) is 10.9 Å². The van der Waals surface area contributed by atoms with Gasteiger partial charge >= 0.3 is 5.97 Å². The fraction of sp³-hybridized carbons (Fsp3) is 0.391. The van der Waals surface area contributed by atoms with E-state index in [1.807, 2.05) is 4.57 Å². The number of hydrogen-bond donors (Lipinski definition) is 1. The van der Waals surface area contributed by atoms with Crippen molar-refractivity contribution in [1.29, 1.82) is 0 Å². The first-order valence-electron chi connectivity index (χ1n) is 10.6. The second-order valence-electron chi connectivity index (χ2n) is 7.65. The summed E-state index contributed by atoms with van der Waals surface area (Å²) in [6.45, 7) is 2.18. The standard InChI is InChI=1S/C23H25FN4O3/c1-2-31-23(30)14-28-19-6-4-15(24)12-17(19)18-13-16(5-7-20(18)28)27-22(29)9-8-21-25-10-3-11-26-21/h3-4,6,10-12,16H,2,5,7-9,13-14H2,1H3,(H,27,29)/t16-/m0/s1. The Morgan fingerprint density at radius 3 is 2.87 bits per heavy atom. The molecule has 1 aliphatic rings. The number of hydrogen-bond acceptors (Lipinski definition) is 5. The summed E-state index contributed by atoms with van der Waals surface area (Å²) in [6.07, 6.45) is 6.15. The maximum absolute atomic E-state index is 14.0. The summed E-state index contributed by atoms with van der Waals surface area (Å²) in [6, 6.07) is 6.31. The average Bonchev–Trinajstić information content (AvgIpc) is 3.05. The molecule has 1 amide bonds. The van der Waals surface area contributed by atoms with Crippen molar-refractivity contribution in [2.45, 2.75) is 51.6 Å². The molecule has 2 aromatic heterocycles. The molecule has 0 radical (unpaired) electrons. The molecule has 162 valence electrons. The first-order chi connectivity index (χ1) is 15.0. The molecule has 1 atom stereocenters. The minimum atomic E-state index is -0.322.